The normalized spacial score (nSPS) is 12.8. The van der Waals surface area contributed by atoms with Crippen LogP contribution in [0.1, 0.15) is 5.56 Å². The van der Waals surface area contributed by atoms with Crippen molar-refractivity contribution < 1.29 is 13.6 Å². The Labute approximate surface area is 169 Å². The molecule has 0 bridgehead atoms. The molecule has 2 rings (SSSR count). The van der Waals surface area contributed by atoms with E-state index in [1.807, 2.05) is 62.4 Å². The number of rotatable bonds is 12. The maximum atomic E-state index is 13.8. The molecule has 0 radical (unpaired) electrons. The Kier molecular flexibility index (Phi) is 8.68. The number of benzene rings is 1. The molecule has 0 saturated carbocycles. The second-order valence-corrected chi connectivity index (χ2v) is 9.70. The van der Waals surface area contributed by atoms with E-state index in [-0.39, 0.29) is 0 Å². The highest BCUT2D eigenvalue weighted by Gasteiger charge is 2.30. The molecule has 0 N–H and O–H groups in total. The average Bonchev–Trinajstić information content (AvgIpc) is 2.99. The summed E-state index contributed by atoms with van der Waals surface area (Å²) < 4.78 is 27.3. The molecule has 0 unspecified atom stereocenters. The van der Waals surface area contributed by atoms with Crippen LogP contribution >= 0.6 is 7.75 Å². The number of likely N-dealkylation sites (N-methyl/N-ethyl adjacent to an activating group) is 3. The molecule has 7 nitrogen and oxygen atoms in total. The third-order valence-corrected chi connectivity index (χ3v) is 6.33. The molecule has 0 aliphatic rings. The number of nitrogens with zero attached hydrogens (tertiary/aromatic N) is 4. The van der Waals surface area contributed by atoms with Gasteiger partial charge >= 0.3 is 7.75 Å². The number of hydrogen-bond acceptors (Lipinski definition) is 6. The fraction of sp³-hybridized carbons (Fsp3) is 0.600. The first-order valence-electron chi connectivity index (χ1n) is 9.66. The first-order chi connectivity index (χ1) is 13.2. The molecule has 1 aromatic carbocycles. The quantitative estimate of drug-likeness (QED) is 0.502. The van der Waals surface area contributed by atoms with Crippen molar-refractivity contribution in [2.75, 3.05) is 75.1 Å². The van der Waals surface area contributed by atoms with E-state index in [0.717, 1.165) is 29.4 Å². The molecular formula is C20H35N4O3P. The minimum atomic E-state index is -3.51. The van der Waals surface area contributed by atoms with Gasteiger partial charge in [-0.25, -0.2) is 4.57 Å². The number of fused-ring (bicyclic) bond motifs is 1. The highest BCUT2D eigenvalue weighted by Crippen LogP contribution is 2.52. The predicted molar refractivity (Wildman–Crippen MR) is 116 cm³/mol. The Balaban J connectivity index is 2.37. The molecule has 0 amide bonds. The summed E-state index contributed by atoms with van der Waals surface area (Å²) in [4.78, 5) is 6.15. The molecule has 0 aliphatic heterocycles. The molecule has 2 aromatic rings. The first-order valence-corrected chi connectivity index (χ1v) is 11.2. The summed E-state index contributed by atoms with van der Waals surface area (Å²) in [5, 5.41) is 1.09. The average molecular weight is 410 g/mol. The van der Waals surface area contributed by atoms with Crippen LogP contribution in [0.5, 0.6) is 0 Å². The fourth-order valence-electron chi connectivity index (χ4n) is 2.82. The Morgan fingerprint density at radius 1 is 0.857 bits per heavy atom. The van der Waals surface area contributed by atoms with Crippen molar-refractivity contribution in [3.8, 4) is 0 Å². The van der Waals surface area contributed by atoms with Gasteiger partial charge in [0.25, 0.3) is 0 Å². The van der Waals surface area contributed by atoms with Gasteiger partial charge in [0, 0.05) is 31.2 Å². The number of para-hydroxylation sites is 1. The van der Waals surface area contributed by atoms with Crippen LogP contribution in [0.4, 0.5) is 0 Å². The maximum Gasteiger partial charge on any atom is 0.439 e. The van der Waals surface area contributed by atoms with Gasteiger partial charge in [-0.2, -0.15) is 0 Å². The van der Waals surface area contributed by atoms with Crippen molar-refractivity contribution in [3.05, 3.63) is 36.0 Å². The molecular weight excluding hydrogens is 375 g/mol. The van der Waals surface area contributed by atoms with E-state index in [2.05, 4.69) is 25.1 Å². The zero-order chi connectivity index (χ0) is 20.7. The molecule has 28 heavy (non-hydrogen) atoms. The predicted octanol–water partition coefficient (Wildman–Crippen LogP) is 2.86. The molecule has 0 spiro atoms. The van der Waals surface area contributed by atoms with E-state index in [0.29, 0.717) is 26.3 Å². The Morgan fingerprint density at radius 2 is 1.39 bits per heavy atom. The van der Waals surface area contributed by atoms with Crippen LogP contribution < -0.4 is 0 Å². The van der Waals surface area contributed by atoms with E-state index in [1.165, 1.54) is 0 Å². The molecule has 1 heterocycles. The standard InChI is InChI=1S/C20H35N4O3P/c1-21(2)12-11-18-17-24(20-10-8-7-9-19(18)20)28(25,26-15-13-22(3)4)27-16-14-23(5)6/h7-10,17H,11-16H2,1-6H3. The van der Waals surface area contributed by atoms with Gasteiger partial charge in [-0.3, -0.25) is 13.4 Å². The minimum Gasteiger partial charge on any atom is -0.309 e. The van der Waals surface area contributed by atoms with Crippen LogP contribution in [0.3, 0.4) is 0 Å². The second kappa shape index (κ2) is 10.5. The third-order valence-electron chi connectivity index (χ3n) is 4.45. The molecule has 0 saturated heterocycles. The van der Waals surface area contributed by atoms with Gasteiger partial charge in [-0.15, -0.1) is 0 Å². The van der Waals surface area contributed by atoms with E-state index in [1.54, 1.807) is 4.34 Å². The van der Waals surface area contributed by atoms with Crippen molar-refractivity contribution in [2.24, 2.45) is 0 Å². The van der Waals surface area contributed by atoms with Gasteiger partial charge in [0.2, 0.25) is 0 Å². The summed E-state index contributed by atoms with van der Waals surface area (Å²) in [6.45, 7) is 2.94. The molecule has 0 atom stereocenters. The summed E-state index contributed by atoms with van der Waals surface area (Å²) in [5.74, 6) is 0. The van der Waals surface area contributed by atoms with Crippen LogP contribution in [0.25, 0.3) is 10.9 Å². The smallest absolute Gasteiger partial charge is 0.309 e. The van der Waals surface area contributed by atoms with Gasteiger partial charge in [-0.05, 0) is 60.3 Å². The Hall–Kier alpha value is -1.21. The second-order valence-electron chi connectivity index (χ2n) is 7.81. The van der Waals surface area contributed by atoms with E-state index in [9.17, 15) is 4.57 Å². The lowest BCUT2D eigenvalue weighted by atomic mass is 10.1. The van der Waals surface area contributed by atoms with Crippen LogP contribution in [-0.2, 0) is 20.0 Å². The monoisotopic (exact) mass is 410 g/mol. The van der Waals surface area contributed by atoms with Crippen LogP contribution in [0, 0.1) is 0 Å². The van der Waals surface area contributed by atoms with Crippen molar-refractivity contribution in [1.82, 2.24) is 19.0 Å². The molecule has 8 heteroatoms. The van der Waals surface area contributed by atoms with Gasteiger partial charge in [0.15, 0.2) is 0 Å². The fourth-order valence-corrected chi connectivity index (χ4v) is 4.48. The number of aromatic nitrogens is 1. The van der Waals surface area contributed by atoms with Crippen LogP contribution in [-0.4, -0.2) is 94.2 Å². The summed E-state index contributed by atoms with van der Waals surface area (Å²) >= 11 is 0. The molecule has 0 fully saturated rings. The topological polar surface area (TPSA) is 50.2 Å². The SMILES string of the molecule is CN(C)CCOP(=O)(OCCN(C)C)n1cc(CCN(C)C)c2ccccc21. The highest BCUT2D eigenvalue weighted by molar-refractivity contribution is 7.52. The molecule has 0 aliphatic carbocycles. The lowest BCUT2D eigenvalue weighted by Crippen LogP contribution is -2.21. The lowest BCUT2D eigenvalue weighted by molar-refractivity contribution is 0.173. The lowest BCUT2D eigenvalue weighted by Gasteiger charge is -2.22. The van der Waals surface area contributed by atoms with Crippen molar-refractivity contribution in [1.29, 1.82) is 0 Å². The first kappa shape index (κ1) is 23.1. The minimum absolute atomic E-state index is 0.339. The maximum absolute atomic E-state index is 13.8. The van der Waals surface area contributed by atoms with Gasteiger partial charge in [-0.1, -0.05) is 18.2 Å². The zero-order valence-electron chi connectivity index (χ0n) is 18.1. The van der Waals surface area contributed by atoms with Crippen LogP contribution in [0.2, 0.25) is 0 Å². The summed E-state index contributed by atoms with van der Waals surface area (Å²) in [5.41, 5.74) is 2.03. The zero-order valence-corrected chi connectivity index (χ0v) is 19.0. The van der Waals surface area contributed by atoms with E-state index >= 15 is 0 Å². The highest BCUT2D eigenvalue weighted by atomic mass is 31.2. The van der Waals surface area contributed by atoms with Crippen molar-refractivity contribution >= 4 is 18.6 Å². The van der Waals surface area contributed by atoms with Gasteiger partial charge < -0.3 is 14.7 Å². The van der Waals surface area contributed by atoms with E-state index in [4.69, 9.17) is 9.05 Å². The third kappa shape index (κ3) is 6.41. The molecule has 1 aromatic heterocycles. The number of hydrogen-bond donors (Lipinski definition) is 0. The Morgan fingerprint density at radius 3 is 1.93 bits per heavy atom. The molecule has 158 valence electrons. The van der Waals surface area contributed by atoms with Gasteiger partial charge in [0.1, 0.15) is 0 Å². The van der Waals surface area contributed by atoms with Crippen molar-refractivity contribution in [2.45, 2.75) is 6.42 Å². The summed E-state index contributed by atoms with van der Waals surface area (Å²) in [6, 6.07) is 8.02. The van der Waals surface area contributed by atoms with Gasteiger partial charge in [0.05, 0.1) is 18.7 Å². The summed E-state index contributed by atoms with van der Waals surface area (Å²) in [7, 11) is 8.46. The largest absolute Gasteiger partial charge is 0.439 e. The van der Waals surface area contributed by atoms with E-state index < -0.39 is 7.75 Å². The van der Waals surface area contributed by atoms with Crippen molar-refractivity contribution in [3.63, 3.8) is 0 Å². The van der Waals surface area contributed by atoms with Crippen LogP contribution in [0.15, 0.2) is 30.5 Å². The summed E-state index contributed by atoms with van der Waals surface area (Å²) in [6.07, 6.45) is 2.82. The Bertz CT molecular complexity index is 771.